The Hall–Kier alpha value is -1.59. The zero-order chi connectivity index (χ0) is 12.6. The van der Waals surface area contributed by atoms with Crippen LogP contribution in [0, 0.1) is 0 Å². The molecule has 0 atom stereocenters. The Balaban J connectivity index is 1.57. The zero-order valence-electron chi connectivity index (χ0n) is 10.1. The third-order valence-electron chi connectivity index (χ3n) is 2.55. The summed E-state index contributed by atoms with van der Waals surface area (Å²) in [6.45, 7) is 2.02. The minimum atomic E-state index is -0.420. The molecule has 2 rings (SSSR count). The van der Waals surface area contributed by atoms with Crippen LogP contribution >= 0.6 is 0 Å². The number of amides is 1. The zero-order valence-corrected chi connectivity index (χ0v) is 10.1. The summed E-state index contributed by atoms with van der Waals surface area (Å²) >= 11 is 0. The maximum atomic E-state index is 11.4. The lowest BCUT2D eigenvalue weighted by Gasteiger charge is -2.10. The van der Waals surface area contributed by atoms with E-state index in [2.05, 4.69) is 5.32 Å². The highest BCUT2D eigenvalue weighted by atomic mass is 16.7. The number of hydrogen-bond donors (Lipinski definition) is 1. The van der Waals surface area contributed by atoms with Gasteiger partial charge in [-0.15, -0.1) is 0 Å². The van der Waals surface area contributed by atoms with Crippen LogP contribution in [0.15, 0.2) is 30.3 Å². The maximum absolute atomic E-state index is 11.4. The first kappa shape index (κ1) is 12.9. The van der Waals surface area contributed by atoms with Crippen molar-refractivity contribution in [1.82, 2.24) is 5.32 Å². The van der Waals surface area contributed by atoms with Crippen LogP contribution in [0.2, 0.25) is 0 Å². The molecule has 1 fully saturated rings. The van der Waals surface area contributed by atoms with Crippen LogP contribution in [0.3, 0.4) is 0 Å². The Morgan fingerprint density at radius 1 is 1.28 bits per heavy atom. The van der Waals surface area contributed by atoms with Crippen LogP contribution < -0.4 is 5.32 Å². The number of rotatable bonds is 5. The number of alkyl carbamates (subject to hydrolysis) is 1. The first-order chi connectivity index (χ1) is 8.84. The fourth-order valence-electron chi connectivity index (χ4n) is 1.64. The van der Waals surface area contributed by atoms with Crippen molar-refractivity contribution in [3.63, 3.8) is 0 Å². The first-order valence-electron chi connectivity index (χ1n) is 6.02. The highest BCUT2D eigenvalue weighted by Crippen LogP contribution is 2.06. The van der Waals surface area contributed by atoms with E-state index in [-0.39, 0.29) is 12.9 Å². The molecule has 18 heavy (non-hydrogen) atoms. The van der Waals surface area contributed by atoms with E-state index in [1.54, 1.807) is 0 Å². The summed E-state index contributed by atoms with van der Waals surface area (Å²) in [5.74, 6) is 0. The highest BCUT2D eigenvalue weighted by Gasteiger charge is 2.15. The second-order valence-electron chi connectivity index (χ2n) is 3.95. The van der Waals surface area contributed by atoms with E-state index in [1.807, 2.05) is 30.3 Å². The standard InChI is InChI=1S/C13H17NO4/c15-13(14-7-6-12-16-8-9-17-12)18-10-11-4-2-1-3-5-11/h1-5,12H,6-10H2,(H,14,15). The molecular formula is C13H17NO4. The van der Waals surface area contributed by atoms with Gasteiger partial charge in [-0.25, -0.2) is 4.79 Å². The second kappa shape index (κ2) is 6.98. The van der Waals surface area contributed by atoms with Crippen LogP contribution in [0.5, 0.6) is 0 Å². The van der Waals surface area contributed by atoms with Gasteiger partial charge in [0.2, 0.25) is 0 Å². The largest absolute Gasteiger partial charge is 0.445 e. The molecule has 0 spiro atoms. The molecule has 1 aromatic carbocycles. The molecule has 1 aromatic rings. The van der Waals surface area contributed by atoms with Gasteiger partial charge in [0.15, 0.2) is 6.29 Å². The lowest BCUT2D eigenvalue weighted by atomic mass is 10.2. The van der Waals surface area contributed by atoms with Crippen LogP contribution in [-0.4, -0.2) is 32.1 Å². The van der Waals surface area contributed by atoms with Crippen molar-refractivity contribution in [3.05, 3.63) is 35.9 Å². The first-order valence-corrected chi connectivity index (χ1v) is 6.02. The van der Waals surface area contributed by atoms with Crippen LogP contribution in [0.4, 0.5) is 4.79 Å². The van der Waals surface area contributed by atoms with Crippen molar-refractivity contribution in [2.45, 2.75) is 19.3 Å². The lowest BCUT2D eigenvalue weighted by Crippen LogP contribution is -2.28. The molecule has 1 aliphatic rings. The lowest BCUT2D eigenvalue weighted by molar-refractivity contribution is -0.0457. The number of carbonyl (C=O) groups is 1. The summed E-state index contributed by atoms with van der Waals surface area (Å²) in [6.07, 6.45) is 0.0248. The number of hydrogen-bond acceptors (Lipinski definition) is 4. The minimum Gasteiger partial charge on any atom is -0.445 e. The Morgan fingerprint density at radius 2 is 2.00 bits per heavy atom. The van der Waals surface area contributed by atoms with Gasteiger partial charge in [0.25, 0.3) is 0 Å². The molecular weight excluding hydrogens is 234 g/mol. The molecule has 5 heteroatoms. The fourth-order valence-corrected chi connectivity index (χ4v) is 1.64. The predicted molar refractivity (Wildman–Crippen MR) is 64.9 cm³/mol. The molecule has 0 radical (unpaired) electrons. The quantitative estimate of drug-likeness (QED) is 0.865. The number of nitrogens with one attached hydrogen (secondary N) is 1. The van der Waals surface area contributed by atoms with E-state index in [0.717, 1.165) is 5.56 Å². The van der Waals surface area contributed by atoms with Gasteiger partial charge < -0.3 is 19.5 Å². The molecule has 1 amide bonds. The van der Waals surface area contributed by atoms with Gasteiger partial charge in [-0.1, -0.05) is 30.3 Å². The Morgan fingerprint density at radius 3 is 2.72 bits per heavy atom. The monoisotopic (exact) mass is 251 g/mol. The van der Waals surface area contributed by atoms with Gasteiger partial charge in [-0.3, -0.25) is 0 Å². The summed E-state index contributed by atoms with van der Waals surface area (Å²) in [5, 5.41) is 2.66. The van der Waals surface area contributed by atoms with Gasteiger partial charge in [0.05, 0.1) is 13.2 Å². The van der Waals surface area contributed by atoms with Crippen molar-refractivity contribution >= 4 is 6.09 Å². The van der Waals surface area contributed by atoms with E-state index in [9.17, 15) is 4.79 Å². The SMILES string of the molecule is O=C(NCCC1OCCO1)OCc1ccccc1. The molecule has 1 aliphatic heterocycles. The molecule has 1 saturated heterocycles. The molecule has 0 bridgehead atoms. The summed E-state index contributed by atoms with van der Waals surface area (Å²) < 4.78 is 15.6. The third-order valence-corrected chi connectivity index (χ3v) is 2.55. The summed E-state index contributed by atoms with van der Waals surface area (Å²) in [5.41, 5.74) is 0.968. The van der Waals surface area contributed by atoms with E-state index in [4.69, 9.17) is 14.2 Å². The fraction of sp³-hybridized carbons (Fsp3) is 0.462. The second-order valence-corrected chi connectivity index (χ2v) is 3.95. The Labute approximate surface area is 106 Å². The molecule has 0 saturated carbocycles. The Bertz CT molecular complexity index is 363. The van der Waals surface area contributed by atoms with Gasteiger partial charge in [-0.05, 0) is 5.56 Å². The summed E-state index contributed by atoms with van der Waals surface area (Å²) in [7, 11) is 0. The topological polar surface area (TPSA) is 56.8 Å². The van der Waals surface area contributed by atoms with Crippen molar-refractivity contribution in [3.8, 4) is 0 Å². The molecule has 0 unspecified atom stereocenters. The Kier molecular flexibility index (Phi) is 4.99. The van der Waals surface area contributed by atoms with E-state index in [1.165, 1.54) is 0 Å². The maximum Gasteiger partial charge on any atom is 0.407 e. The van der Waals surface area contributed by atoms with E-state index >= 15 is 0 Å². The van der Waals surface area contributed by atoms with Crippen LogP contribution in [0.25, 0.3) is 0 Å². The smallest absolute Gasteiger partial charge is 0.407 e. The molecule has 98 valence electrons. The van der Waals surface area contributed by atoms with E-state index < -0.39 is 6.09 Å². The summed E-state index contributed by atoms with van der Waals surface area (Å²) in [6, 6.07) is 9.56. The normalized spacial score (nSPS) is 15.6. The van der Waals surface area contributed by atoms with Gasteiger partial charge in [-0.2, -0.15) is 0 Å². The minimum absolute atomic E-state index is 0.195. The highest BCUT2D eigenvalue weighted by molar-refractivity contribution is 5.67. The van der Waals surface area contributed by atoms with Crippen molar-refractivity contribution in [2.24, 2.45) is 0 Å². The van der Waals surface area contributed by atoms with Crippen molar-refractivity contribution in [2.75, 3.05) is 19.8 Å². The average Bonchev–Trinajstić information content (AvgIpc) is 2.91. The van der Waals surface area contributed by atoms with Gasteiger partial charge >= 0.3 is 6.09 Å². The van der Waals surface area contributed by atoms with Crippen LogP contribution in [0.1, 0.15) is 12.0 Å². The van der Waals surface area contributed by atoms with E-state index in [0.29, 0.717) is 26.2 Å². The van der Waals surface area contributed by atoms with Crippen molar-refractivity contribution < 1.29 is 19.0 Å². The molecule has 1 N–H and O–H groups in total. The summed E-state index contributed by atoms with van der Waals surface area (Å²) in [4.78, 5) is 11.4. The number of benzene rings is 1. The average molecular weight is 251 g/mol. The predicted octanol–water partition coefficient (Wildman–Crippen LogP) is 1.68. The molecule has 5 nitrogen and oxygen atoms in total. The van der Waals surface area contributed by atoms with Gasteiger partial charge in [0.1, 0.15) is 6.61 Å². The van der Waals surface area contributed by atoms with Crippen LogP contribution in [-0.2, 0) is 20.8 Å². The third kappa shape index (κ3) is 4.35. The molecule has 0 aliphatic carbocycles. The van der Waals surface area contributed by atoms with Crippen molar-refractivity contribution in [1.29, 1.82) is 0 Å². The van der Waals surface area contributed by atoms with Gasteiger partial charge in [0, 0.05) is 13.0 Å². The molecule has 1 heterocycles. The molecule has 0 aromatic heterocycles. The number of ether oxygens (including phenoxy) is 3. The number of carbonyl (C=O) groups excluding carboxylic acids is 1.